The van der Waals surface area contributed by atoms with E-state index in [4.69, 9.17) is 0 Å². The van der Waals surface area contributed by atoms with Crippen LogP contribution in [0.25, 0.3) is 6.08 Å². The van der Waals surface area contributed by atoms with Gasteiger partial charge in [0.15, 0.2) is 0 Å². The van der Waals surface area contributed by atoms with Crippen LogP contribution in [0.4, 0.5) is 11.4 Å². The van der Waals surface area contributed by atoms with E-state index in [1.807, 2.05) is 17.5 Å². The summed E-state index contributed by atoms with van der Waals surface area (Å²) in [7, 11) is -3.34. The van der Waals surface area contributed by atoms with Gasteiger partial charge in [-0.3, -0.25) is 9.52 Å². The van der Waals surface area contributed by atoms with Gasteiger partial charge in [0.05, 0.1) is 11.9 Å². The highest BCUT2D eigenvalue weighted by atomic mass is 32.2. The van der Waals surface area contributed by atoms with Crippen molar-refractivity contribution in [3.05, 3.63) is 52.7 Å². The topological polar surface area (TPSA) is 75.3 Å². The molecule has 0 aliphatic heterocycles. The lowest BCUT2D eigenvalue weighted by Crippen LogP contribution is -2.11. The van der Waals surface area contributed by atoms with Crippen molar-refractivity contribution in [2.45, 2.75) is 0 Å². The van der Waals surface area contributed by atoms with E-state index in [1.54, 1.807) is 30.3 Å². The first kappa shape index (κ1) is 15.3. The number of thiophene rings is 1. The first-order valence-corrected chi connectivity index (χ1v) is 8.80. The van der Waals surface area contributed by atoms with E-state index >= 15 is 0 Å². The molecule has 2 N–H and O–H groups in total. The first-order chi connectivity index (χ1) is 9.92. The van der Waals surface area contributed by atoms with Crippen molar-refractivity contribution in [3.63, 3.8) is 0 Å². The van der Waals surface area contributed by atoms with Gasteiger partial charge in [-0.2, -0.15) is 0 Å². The number of anilines is 2. The number of hydrogen-bond donors (Lipinski definition) is 2. The summed E-state index contributed by atoms with van der Waals surface area (Å²) in [6, 6.07) is 10.3. The van der Waals surface area contributed by atoms with Crippen LogP contribution in [-0.4, -0.2) is 20.6 Å². The standard InChI is InChI=1S/C14H14N2O3S2/c1-21(18,19)16-12-5-2-4-11(10-12)15-14(17)8-7-13-6-3-9-20-13/h2-10,16H,1H3,(H,15,17)/b8-7+. The van der Waals surface area contributed by atoms with Crippen LogP contribution < -0.4 is 10.0 Å². The zero-order valence-corrected chi connectivity index (χ0v) is 12.9. The second kappa shape index (κ2) is 6.55. The predicted octanol–water partition coefficient (Wildman–Crippen LogP) is 2.77. The third kappa shape index (κ3) is 5.41. The zero-order valence-electron chi connectivity index (χ0n) is 11.2. The normalized spacial score (nSPS) is 11.5. The van der Waals surface area contributed by atoms with Crippen molar-refractivity contribution in [3.8, 4) is 0 Å². The molecule has 0 unspecified atom stereocenters. The second-order valence-electron chi connectivity index (χ2n) is 4.29. The number of carbonyl (C=O) groups excluding carboxylic acids is 1. The molecule has 21 heavy (non-hydrogen) atoms. The van der Waals surface area contributed by atoms with Crippen LogP contribution in [0.15, 0.2) is 47.9 Å². The maximum atomic E-state index is 11.8. The summed E-state index contributed by atoms with van der Waals surface area (Å²) < 4.78 is 24.7. The monoisotopic (exact) mass is 322 g/mol. The van der Waals surface area contributed by atoms with E-state index in [0.717, 1.165) is 11.1 Å². The minimum absolute atomic E-state index is 0.278. The van der Waals surface area contributed by atoms with Crippen molar-refractivity contribution in [2.24, 2.45) is 0 Å². The molecule has 0 saturated carbocycles. The van der Waals surface area contributed by atoms with Crippen LogP contribution in [0.2, 0.25) is 0 Å². The van der Waals surface area contributed by atoms with Crippen molar-refractivity contribution >= 4 is 44.7 Å². The number of amides is 1. The van der Waals surface area contributed by atoms with Gasteiger partial charge in [-0.05, 0) is 35.7 Å². The van der Waals surface area contributed by atoms with Crippen molar-refractivity contribution in [1.82, 2.24) is 0 Å². The summed E-state index contributed by atoms with van der Waals surface area (Å²) in [5.74, 6) is -0.278. The molecule has 0 spiro atoms. The molecular weight excluding hydrogens is 308 g/mol. The smallest absolute Gasteiger partial charge is 0.248 e. The molecule has 1 amide bonds. The van der Waals surface area contributed by atoms with Crippen molar-refractivity contribution in [2.75, 3.05) is 16.3 Å². The predicted molar refractivity (Wildman–Crippen MR) is 86.9 cm³/mol. The third-order valence-electron chi connectivity index (χ3n) is 2.38. The maximum absolute atomic E-state index is 11.8. The molecule has 2 aromatic rings. The molecule has 1 heterocycles. The van der Waals surface area contributed by atoms with Crippen LogP contribution >= 0.6 is 11.3 Å². The fourth-order valence-electron chi connectivity index (χ4n) is 1.60. The largest absolute Gasteiger partial charge is 0.322 e. The molecule has 1 aromatic heterocycles. The molecule has 2 rings (SSSR count). The average molecular weight is 322 g/mol. The Kier molecular flexibility index (Phi) is 4.77. The quantitative estimate of drug-likeness (QED) is 0.831. The molecule has 0 bridgehead atoms. The average Bonchev–Trinajstić information content (AvgIpc) is 2.87. The molecule has 0 saturated heterocycles. The molecular formula is C14H14N2O3S2. The minimum Gasteiger partial charge on any atom is -0.322 e. The van der Waals surface area contributed by atoms with Crippen LogP contribution in [0.3, 0.4) is 0 Å². The second-order valence-corrected chi connectivity index (χ2v) is 7.02. The summed E-state index contributed by atoms with van der Waals surface area (Å²) >= 11 is 1.54. The SMILES string of the molecule is CS(=O)(=O)Nc1cccc(NC(=O)/C=C/c2cccs2)c1. The van der Waals surface area contributed by atoms with Crippen LogP contribution in [0.5, 0.6) is 0 Å². The maximum Gasteiger partial charge on any atom is 0.248 e. The Morgan fingerprint density at radius 3 is 2.62 bits per heavy atom. The highest BCUT2D eigenvalue weighted by Gasteiger charge is 2.03. The van der Waals surface area contributed by atoms with Crippen LogP contribution in [0.1, 0.15) is 4.88 Å². The molecule has 0 fully saturated rings. The molecule has 1 aromatic carbocycles. The van der Waals surface area contributed by atoms with Crippen LogP contribution in [0, 0.1) is 0 Å². The third-order valence-corrected chi connectivity index (χ3v) is 3.82. The highest BCUT2D eigenvalue weighted by molar-refractivity contribution is 7.92. The number of nitrogens with one attached hydrogen (secondary N) is 2. The Labute approximate surface area is 127 Å². The highest BCUT2D eigenvalue weighted by Crippen LogP contribution is 2.16. The number of benzene rings is 1. The summed E-state index contributed by atoms with van der Waals surface area (Å²) in [5, 5.41) is 4.60. The van der Waals surface area contributed by atoms with E-state index in [2.05, 4.69) is 10.0 Å². The van der Waals surface area contributed by atoms with Gasteiger partial charge in [0.25, 0.3) is 0 Å². The summed E-state index contributed by atoms with van der Waals surface area (Å²) in [6.45, 7) is 0. The molecule has 0 radical (unpaired) electrons. The van der Waals surface area contributed by atoms with E-state index in [9.17, 15) is 13.2 Å². The van der Waals surface area contributed by atoms with Gasteiger partial charge in [-0.1, -0.05) is 12.1 Å². The summed E-state index contributed by atoms with van der Waals surface area (Å²) in [5.41, 5.74) is 0.919. The van der Waals surface area contributed by atoms with E-state index < -0.39 is 10.0 Å². The molecule has 0 atom stereocenters. The Morgan fingerprint density at radius 2 is 1.95 bits per heavy atom. The van der Waals surface area contributed by atoms with Crippen LogP contribution in [-0.2, 0) is 14.8 Å². The molecule has 7 heteroatoms. The van der Waals surface area contributed by atoms with Gasteiger partial charge >= 0.3 is 0 Å². The van der Waals surface area contributed by atoms with Gasteiger partial charge in [0.2, 0.25) is 15.9 Å². The Hall–Kier alpha value is -2.12. The Morgan fingerprint density at radius 1 is 1.19 bits per heavy atom. The van der Waals surface area contributed by atoms with Gasteiger partial charge in [0.1, 0.15) is 0 Å². The number of sulfonamides is 1. The molecule has 110 valence electrons. The fourth-order valence-corrected chi connectivity index (χ4v) is 2.78. The summed E-state index contributed by atoms with van der Waals surface area (Å²) in [4.78, 5) is 12.8. The van der Waals surface area contributed by atoms with Gasteiger partial charge in [0, 0.05) is 16.6 Å². The lowest BCUT2D eigenvalue weighted by molar-refractivity contribution is -0.111. The summed E-state index contributed by atoms with van der Waals surface area (Å²) in [6.07, 6.45) is 4.23. The lowest BCUT2D eigenvalue weighted by atomic mass is 10.3. The van der Waals surface area contributed by atoms with Gasteiger partial charge in [-0.25, -0.2) is 8.42 Å². The lowest BCUT2D eigenvalue weighted by Gasteiger charge is -2.06. The number of rotatable bonds is 5. The zero-order chi connectivity index (χ0) is 15.3. The molecule has 0 aliphatic rings. The minimum atomic E-state index is -3.34. The van der Waals surface area contributed by atoms with Gasteiger partial charge < -0.3 is 5.32 Å². The van der Waals surface area contributed by atoms with E-state index in [0.29, 0.717) is 11.4 Å². The fraction of sp³-hybridized carbons (Fsp3) is 0.0714. The molecule has 5 nitrogen and oxygen atoms in total. The number of carbonyl (C=O) groups is 1. The Balaban J connectivity index is 2.02. The molecule has 0 aliphatic carbocycles. The Bertz CT molecular complexity index is 750. The first-order valence-electron chi connectivity index (χ1n) is 6.03. The van der Waals surface area contributed by atoms with E-state index in [-0.39, 0.29) is 5.91 Å². The van der Waals surface area contributed by atoms with Crippen molar-refractivity contribution < 1.29 is 13.2 Å². The number of hydrogen-bond acceptors (Lipinski definition) is 4. The van der Waals surface area contributed by atoms with Gasteiger partial charge in [-0.15, -0.1) is 11.3 Å². The van der Waals surface area contributed by atoms with Crippen molar-refractivity contribution in [1.29, 1.82) is 0 Å². The van der Waals surface area contributed by atoms with E-state index in [1.165, 1.54) is 17.4 Å².